The normalized spacial score (nSPS) is 22.2. The standard InChI is InChI=1S/C17H21BF3NO4/c1-15(2)16(3,4)26-18(25-15)11-7-8-13(24-17(19,20)21)12(10-11)22-9-5-6-14(22)23/h7-8,10H,5-6,9H2,1-4H3. The fourth-order valence-corrected chi connectivity index (χ4v) is 2.98. The van der Waals surface area contributed by atoms with Gasteiger partial charge in [-0.25, -0.2) is 0 Å². The van der Waals surface area contributed by atoms with E-state index in [0.717, 1.165) is 0 Å². The Morgan fingerprint density at radius 2 is 1.77 bits per heavy atom. The molecule has 0 unspecified atom stereocenters. The van der Waals surface area contributed by atoms with Crippen molar-refractivity contribution in [3.63, 3.8) is 0 Å². The first kappa shape index (κ1) is 19.0. The predicted octanol–water partition coefficient (Wildman–Crippen LogP) is 3.01. The minimum atomic E-state index is -4.84. The lowest BCUT2D eigenvalue weighted by Crippen LogP contribution is -2.41. The number of rotatable bonds is 3. The second kappa shape index (κ2) is 6.16. The highest BCUT2D eigenvalue weighted by molar-refractivity contribution is 6.62. The fourth-order valence-electron chi connectivity index (χ4n) is 2.98. The van der Waals surface area contributed by atoms with Gasteiger partial charge in [-0.15, -0.1) is 13.2 Å². The summed E-state index contributed by atoms with van der Waals surface area (Å²) in [4.78, 5) is 13.4. The van der Waals surface area contributed by atoms with E-state index in [4.69, 9.17) is 9.31 Å². The maximum atomic E-state index is 12.7. The van der Waals surface area contributed by atoms with Gasteiger partial charge in [-0.05, 0) is 51.7 Å². The van der Waals surface area contributed by atoms with Crippen molar-refractivity contribution in [2.45, 2.75) is 58.1 Å². The topological polar surface area (TPSA) is 48.0 Å². The molecule has 0 spiro atoms. The third kappa shape index (κ3) is 3.55. The highest BCUT2D eigenvalue weighted by Gasteiger charge is 2.52. The van der Waals surface area contributed by atoms with E-state index in [-0.39, 0.29) is 11.6 Å². The molecule has 2 aliphatic heterocycles. The van der Waals surface area contributed by atoms with Crippen LogP contribution in [0, 0.1) is 0 Å². The number of amides is 1. The van der Waals surface area contributed by atoms with Gasteiger partial charge >= 0.3 is 13.5 Å². The number of nitrogens with zero attached hydrogens (tertiary/aromatic N) is 1. The molecule has 0 aliphatic carbocycles. The second-order valence-corrected chi connectivity index (χ2v) is 7.51. The van der Waals surface area contributed by atoms with Crippen molar-refractivity contribution in [2.24, 2.45) is 0 Å². The number of hydrogen-bond acceptors (Lipinski definition) is 4. The minimum Gasteiger partial charge on any atom is -0.404 e. The molecule has 5 nitrogen and oxygen atoms in total. The number of alkyl halides is 3. The van der Waals surface area contributed by atoms with Crippen LogP contribution in [0.25, 0.3) is 0 Å². The third-order valence-electron chi connectivity index (χ3n) is 5.10. The molecule has 3 rings (SSSR count). The molecule has 9 heteroatoms. The number of anilines is 1. The molecule has 0 saturated carbocycles. The van der Waals surface area contributed by atoms with Crippen molar-refractivity contribution in [3.8, 4) is 5.75 Å². The number of hydrogen-bond donors (Lipinski definition) is 0. The van der Waals surface area contributed by atoms with Crippen LogP contribution in [0.1, 0.15) is 40.5 Å². The van der Waals surface area contributed by atoms with Gasteiger partial charge in [-0.1, -0.05) is 6.07 Å². The van der Waals surface area contributed by atoms with Crippen LogP contribution in [0.5, 0.6) is 5.75 Å². The zero-order valence-electron chi connectivity index (χ0n) is 15.1. The lowest BCUT2D eigenvalue weighted by atomic mass is 9.79. The van der Waals surface area contributed by atoms with E-state index in [1.165, 1.54) is 23.1 Å². The molecule has 2 aliphatic rings. The summed E-state index contributed by atoms with van der Waals surface area (Å²) < 4.78 is 54.2. The molecule has 26 heavy (non-hydrogen) atoms. The Balaban J connectivity index is 1.98. The first-order valence-corrected chi connectivity index (χ1v) is 8.45. The van der Waals surface area contributed by atoms with Gasteiger partial charge in [0.05, 0.1) is 16.9 Å². The van der Waals surface area contributed by atoms with Crippen LogP contribution in [-0.2, 0) is 14.1 Å². The Labute approximate surface area is 150 Å². The van der Waals surface area contributed by atoms with E-state index in [2.05, 4.69) is 4.74 Å². The first-order chi connectivity index (χ1) is 11.9. The molecule has 0 radical (unpaired) electrons. The molecule has 142 valence electrons. The summed E-state index contributed by atoms with van der Waals surface area (Å²) in [6.07, 6.45) is -3.96. The van der Waals surface area contributed by atoms with Crippen LogP contribution in [0.15, 0.2) is 18.2 Å². The van der Waals surface area contributed by atoms with E-state index < -0.39 is 30.4 Å². The van der Waals surface area contributed by atoms with Crippen molar-refractivity contribution in [3.05, 3.63) is 18.2 Å². The molecule has 0 atom stereocenters. The van der Waals surface area contributed by atoms with E-state index >= 15 is 0 Å². The lowest BCUT2D eigenvalue weighted by molar-refractivity contribution is -0.274. The van der Waals surface area contributed by atoms with Crippen LogP contribution in [0.2, 0.25) is 0 Å². The van der Waals surface area contributed by atoms with Crippen LogP contribution in [0.3, 0.4) is 0 Å². The smallest absolute Gasteiger partial charge is 0.404 e. The van der Waals surface area contributed by atoms with E-state index in [1.807, 2.05) is 27.7 Å². The number of carbonyl (C=O) groups excluding carboxylic acids is 1. The Kier molecular flexibility index (Phi) is 4.51. The van der Waals surface area contributed by atoms with E-state index in [1.54, 1.807) is 0 Å². The van der Waals surface area contributed by atoms with Crippen molar-refractivity contribution in [1.82, 2.24) is 0 Å². The predicted molar refractivity (Wildman–Crippen MR) is 90.4 cm³/mol. The van der Waals surface area contributed by atoms with Crippen LogP contribution in [-0.4, -0.2) is 37.1 Å². The van der Waals surface area contributed by atoms with Gasteiger partial charge < -0.3 is 18.9 Å². The van der Waals surface area contributed by atoms with Crippen LogP contribution >= 0.6 is 0 Å². The summed E-state index contributed by atoms with van der Waals surface area (Å²) in [5.74, 6) is -0.642. The quantitative estimate of drug-likeness (QED) is 0.767. The Hall–Kier alpha value is -1.74. The van der Waals surface area contributed by atoms with Gasteiger partial charge in [0.2, 0.25) is 5.91 Å². The SMILES string of the molecule is CC1(C)OB(c2ccc(OC(F)(F)F)c(N3CCCC3=O)c2)OC1(C)C. The van der Waals surface area contributed by atoms with Crippen molar-refractivity contribution >= 4 is 24.2 Å². The van der Waals surface area contributed by atoms with Crippen molar-refractivity contribution in [1.29, 1.82) is 0 Å². The van der Waals surface area contributed by atoms with Gasteiger partial charge in [0.1, 0.15) is 0 Å². The van der Waals surface area contributed by atoms with Gasteiger partial charge in [-0.3, -0.25) is 4.79 Å². The molecule has 0 aromatic heterocycles. The summed E-state index contributed by atoms with van der Waals surface area (Å²) in [5.41, 5.74) is -0.546. The lowest BCUT2D eigenvalue weighted by Gasteiger charge is -2.32. The van der Waals surface area contributed by atoms with Crippen LogP contribution in [0.4, 0.5) is 18.9 Å². The van der Waals surface area contributed by atoms with Gasteiger partial charge in [0.15, 0.2) is 5.75 Å². The number of ether oxygens (including phenoxy) is 1. The van der Waals surface area contributed by atoms with Crippen molar-refractivity contribution in [2.75, 3.05) is 11.4 Å². The molecule has 2 saturated heterocycles. The maximum Gasteiger partial charge on any atom is 0.573 e. The zero-order chi connectivity index (χ0) is 19.3. The molecule has 0 bridgehead atoms. The fraction of sp³-hybridized carbons (Fsp3) is 0.588. The summed E-state index contributed by atoms with van der Waals surface area (Å²) >= 11 is 0. The van der Waals surface area contributed by atoms with Gasteiger partial charge in [0.25, 0.3) is 0 Å². The first-order valence-electron chi connectivity index (χ1n) is 8.45. The highest BCUT2D eigenvalue weighted by Crippen LogP contribution is 2.38. The molecular formula is C17H21BF3NO4. The van der Waals surface area contributed by atoms with Gasteiger partial charge in [0, 0.05) is 13.0 Å². The number of benzene rings is 1. The average molecular weight is 371 g/mol. The Morgan fingerprint density at radius 3 is 2.27 bits per heavy atom. The monoisotopic (exact) mass is 371 g/mol. The minimum absolute atomic E-state index is 0.0806. The average Bonchev–Trinajstić information content (AvgIpc) is 2.99. The molecule has 1 aromatic carbocycles. The zero-order valence-corrected chi connectivity index (χ0v) is 15.1. The molecule has 1 amide bonds. The molecule has 1 aromatic rings. The molecule has 2 heterocycles. The molecule has 0 N–H and O–H groups in total. The largest absolute Gasteiger partial charge is 0.573 e. The van der Waals surface area contributed by atoms with E-state index in [9.17, 15) is 18.0 Å². The number of carbonyl (C=O) groups is 1. The van der Waals surface area contributed by atoms with Crippen molar-refractivity contribution < 1.29 is 32.0 Å². The second-order valence-electron chi connectivity index (χ2n) is 7.51. The highest BCUT2D eigenvalue weighted by atomic mass is 19.4. The summed E-state index contributed by atoms with van der Waals surface area (Å²) in [6.45, 7) is 7.90. The van der Waals surface area contributed by atoms with Crippen LogP contribution < -0.4 is 15.1 Å². The summed E-state index contributed by atoms with van der Waals surface area (Å²) in [6, 6.07) is 4.15. The molecular weight excluding hydrogens is 350 g/mol. The van der Waals surface area contributed by atoms with E-state index in [0.29, 0.717) is 24.8 Å². The Bertz CT molecular complexity index is 704. The number of halogens is 3. The molecule has 2 fully saturated rings. The Morgan fingerprint density at radius 1 is 1.15 bits per heavy atom. The maximum absolute atomic E-state index is 12.7. The summed E-state index contributed by atoms with van der Waals surface area (Å²) in [7, 11) is -0.739. The third-order valence-corrected chi connectivity index (χ3v) is 5.10. The van der Waals surface area contributed by atoms with Gasteiger partial charge in [-0.2, -0.15) is 0 Å². The summed E-state index contributed by atoms with van der Waals surface area (Å²) in [5, 5.41) is 0.